The maximum absolute atomic E-state index is 11.5. The molecule has 2 nitrogen and oxygen atoms in total. The van der Waals surface area contributed by atoms with Crippen molar-refractivity contribution in [1.82, 2.24) is 0 Å². The van der Waals surface area contributed by atoms with E-state index in [2.05, 4.69) is 34.6 Å². The predicted molar refractivity (Wildman–Crippen MR) is 91.4 cm³/mol. The smallest absolute Gasteiger partial charge is 0.305 e. The molecule has 0 aromatic heterocycles. The van der Waals surface area contributed by atoms with Crippen LogP contribution in [0, 0.1) is 11.3 Å². The number of ether oxygens (including phenoxy) is 1. The molecule has 0 aliphatic carbocycles. The van der Waals surface area contributed by atoms with Crippen molar-refractivity contribution in [2.75, 3.05) is 6.61 Å². The summed E-state index contributed by atoms with van der Waals surface area (Å²) in [6, 6.07) is 0. The molecule has 0 N–H and O–H groups in total. The molecule has 126 valence electrons. The molecule has 0 unspecified atom stereocenters. The highest BCUT2D eigenvalue weighted by Crippen LogP contribution is 2.15. The molecule has 21 heavy (non-hydrogen) atoms. The Morgan fingerprint density at radius 3 is 1.81 bits per heavy atom. The lowest BCUT2D eigenvalue weighted by Gasteiger charge is -2.17. The summed E-state index contributed by atoms with van der Waals surface area (Å²) in [6.07, 6.45) is 12.2. The largest absolute Gasteiger partial charge is 0.465 e. The minimum Gasteiger partial charge on any atom is -0.465 e. The first-order valence-electron chi connectivity index (χ1n) is 8.97. The van der Waals surface area contributed by atoms with E-state index < -0.39 is 0 Å². The van der Waals surface area contributed by atoms with Crippen LogP contribution in [0.25, 0.3) is 0 Å². The van der Waals surface area contributed by atoms with E-state index in [1.54, 1.807) is 0 Å². The fourth-order valence-electron chi connectivity index (χ4n) is 2.25. The first-order valence-corrected chi connectivity index (χ1v) is 8.97. The lowest BCUT2D eigenvalue weighted by Crippen LogP contribution is -2.18. The molecule has 0 bridgehead atoms. The van der Waals surface area contributed by atoms with Gasteiger partial charge in [0.05, 0.1) is 6.61 Å². The highest BCUT2D eigenvalue weighted by atomic mass is 16.5. The van der Waals surface area contributed by atoms with Crippen molar-refractivity contribution in [3.8, 4) is 0 Å². The van der Waals surface area contributed by atoms with Gasteiger partial charge in [-0.1, -0.05) is 86.0 Å². The summed E-state index contributed by atoms with van der Waals surface area (Å²) in [5.74, 6) is 0.821. The van der Waals surface area contributed by atoms with Gasteiger partial charge in [-0.05, 0) is 17.8 Å². The Bertz CT molecular complexity index is 251. The van der Waals surface area contributed by atoms with Crippen molar-refractivity contribution in [2.24, 2.45) is 11.3 Å². The minimum absolute atomic E-state index is 0.0291. The third-order valence-corrected chi connectivity index (χ3v) is 3.58. The Kier molecular flexibility index (Phi) is 11.8. The Morgan fingerprint density at radius 1 is 0.857 bits per heavy atom. The lowest BCUT2D eigenvalue weighted by atomic mass is 9.99. The second kappa shape index (κ2) is 12.1. The Balaban J connectivity index is 3.23. The first kappa shape index (κ1) is 20.5. The van der Waals surface area contributed by atoms with Crippen LogP contribution < -0.4 is 0 Å². The van der Waals surface area contributed by atoms with Crippen LogP contribution in [0.5, 0.6) is 0 Å². The van der Waals surface area contributed by atoms with Crippen LogP contribution in [-0.2, 0) is 9.53 Å². The third kappa shape index (κ3) is 17.4. The van der Waals surface area contributed by atoms with Gasteiger partial charge in [0.15, 0.2) is 0 Å². The molecule has 2 heteroatoms. The van der Waals surface area contributed by atoms with Gasteiger partial charge in [-0.3, -0.25) is 4.79 Å². The van der Waals surface area contributed by atoms with E-state index in [9.17, 15) is 4.79 Å². The van der Waals surface area contributed by atoms with Gasteiger partial charge in [-0.2, -0.15) is 0 Å². The second-order valence-electron chi connectivity index (χ2n) is 7.98. The van der Waals surface area contributed by atoms with E-state index in [1.165, 1.54) is 44.9 Å². The molecule has 0 rings (SSSR count). The van der Waals surface area contributed by atoms with Crippen LogP contribution in [0.3, 0.4) is 0 Å². The van der Waals surface area contributed by atoms with Crippen LogP contribution in [0.4, 0.5) is 0 Å². The van der Waals surface area contributed by atoms with E-state index in [-0.39, 0.29) is 11.4 Å². The highest BCUT2D eigenvalue weighted by Gasteiger charge is 2.13. The van der Waals surface area contributed by atoms with E-state index in [0.29, 0.717) is 13.0 Å². The van der Waals surface area contributed by atoms with E-state index >= 15 is 0 Å². The molecule has 0 heterocycles. The fraction of sp³-hybridized carbons (Fsp3) is 0.947. The maximum atomic E-state index is 11.5. The standard InChI is InChI=1S/C19H38O2/c1-17(2)14-12-10-8-6-7-9-11-13-15-18(20)21-16-19(3,4)5/h17H,6-16H2,1-5H3. The molecule has 0 saturated heterocycles. The van der Waals surface area contributed by atoms with Gasteiger partial charge in [0.1, 0.15) is 0 Å². The molecule has 0 aromatic carbocycles. The summed E-state index contributed by atoms with van der Waals surface area (Å²) in [6.45, 7) is 11.4. The lowest BCUT2D eigenvalue weighted by molar-refractivity contribution is -0.146. The summed E-state index contributed by atoms with van der Waals surface area (Å²) in [4.78, 5) is 11.5. The van der Waals surface area contributed by atoms with E-state index in [1.807, 2.05) is 0 Å². The number of hydrogen-bond donors (Lipinski definition) is 0. The Hall–Kier alpha value is -0.530. The molecule has 0 saturated carbocycles. The summed E-state index contributed by atoms with van der Waals surface area (Å²) < 4.78 is 5.26. The maximum Gasteiger partial charge on any atom is 0.305 e. The topological polar surface area (TPSA) is 26.3 Å². The molecule has 0 aliphatic heterocycles. The average Bonchev–Trinajstić information content (AvgIpc) is 2.37. The third-order valence-electron chi connectivity index (χ3n) is 3.58. The molecule has 0 aromatic rings. The minimum atomic E-state index is -0.0291. The zero-order valence-electron chi connectivity index (χ0n) is 15.2. The average molecular weight is 299 g/mol. The summed E-state index contributed by atoms with van der Waals surface area (Å²) in [5.41, 5.74) is 0.0746. The van der Waals surface area contributed by atoms with E-state index in [0.717, 1.165) is 18.8 Å². The molecule has 0 amide bonds. The van der Waals surface area contributed by atoms with Gasteiger partial charge in [0.2, 0.25) is 0 Å². The molecule has 0 spiro atoms. The molecular formula is C19H38O2. The number of carbonyl (C=O) groups excluding carboxylic acids is 1. The van der Waals surface area contributed by atoms with Gasteiger partial charge >= 0.3 is 5.97 Å². The van der Waals surface area contributed by atoms with Crippen molar-refractivity contribution in [1.29, 1.82) is 0 Å². The molecule has 0 radical (unpaired) electrons. The Labute approximate surface area is 133 Å². The monoisotopic (exact) mass is 298 g/mol. The van der Waals surface area contributed by atoms with Gasteiger partial charge < -0.3 is 4.74 Å². The summed E-state index contributed by atoms with van der Waals surface area (Å²) >= 11 is 0. The number of rotatable bonds is 12. The normalized spacial score (nSPS) is 11.9. The SMILES string of the molecule is CC(C)CCCCCCCCCCC(=O)OCC(C)(C)C. The molecular weight excluding hydrogens is 260 g/mol. The van der Waals surface area contributed by atoms with Crippen molar-refractivity contribution < 1.29 is 9.53 Å². The molecule has 0 aliphatic rings. The van der Waals surface area contributed by atoms with Gasteiger partial charge in [-0.25, -0.2) is 0 Å². The van der Waals surface area contributed by atoms with Crippen LogP contribution in [-0.4, -0.2) is 12.6 Å². The van der Waals surface area contributed by atoms with Crippen molar-refractivity contribution in [2.45, 2.75) is 98.8 Å². The van der Waals surface area contributed by atoms with Crippen LogP contribution in [0.1, 0.15) is 98.8 Å². The van der Waals surface area contributed by atoms with Crippen LogP contribution in [0.15, 0.2) is 0 Å². The zero-order chi connectivity index (χ0) is 16.1. The van der Waals surface area contributed by atoms with Crippen molar-refractivity contribution in [3.63, 3.8) is 0 Å². The van der Waals surface area contributed by atoms with E-state index in [4.69, 9.17) is 4.74 Å². The molecule has 0 atom stereocenters. The number of unbranched alkanes of at least 4 members (excludes halogenated alkanes) is 7. The summed E-state index contributed by atoms with van der Waals surface area (Å²) in [5, 5.41) is 0. The first-order chi connectivity index (χ1) is 9.81. The van der Waals surface area contributed by atoms with Crippen LogP contribution >= 0.6 is 0 Å². The number of esters is 1. The van der Waals surface area contributed by atoms with Gasteiger partial charge in [-0.15, -0.1) is 0 Å². The van der Waals surface area contributed by atoms with Gasteiger partial charge in [0.25, 0.3) is 0 Å². The molecule has 0 fully saturated rings. The summed E-state index contributed by atoms with van der Waals surface area (Å²) in [7, 11) is 0. The number of hydrogen-bond acceptors (Lipinski definition) is 2. The predicted octanol–water partition coefficient (Wildman–Crippen LogP) is 6.13. The van der Waals surface area contributed by atoms with Crippen LogP contribution in [0.2, 0.25) is 0 Å². The fourth-order valence-corrected chi connectivity index (χ4v) is 2.25. The number of carbonyl (C=O) groups is 1. The van der Waals surface area contributed by atoms with Crippen molar-refractivity contribution in [3.05, 3.63) is 0 Å². The van der Waals surface area contributed by atoms with Gasteiger partial charge in [0, 0.05) is 6.42 Å². The Morgan fingerprint density at radius 2 is 1.33 bits per heavy atom. The highest BCUT2D eigenvalue weighted by molar-refractivity contribution is 5.69. The second-order valence-corrected chi connectivity index (χ2v) is 7.98. The van der Waals surface area contributed by atoms with Crippen molar-refractivity contribution >= 4 is 5.97 Å². The zero-order valence-corrected chi connectivity index (χ0v) is 15.2. The quantitative estimate of drug-likeness (QED) is 0.320.